The van der Waals surface area contributed by atoms with Gasteiger partial charge in [-0.1, -0.05) is 6.07 Å². The number of aromatic nitrogens is 1. The third-order valence-corrected chi connectivity index (χ3v) is 5.47. The van der Waals surface area contributed by atoms with Crippen LogP contribution in [0.5, 0.6) is 0 Å². The molecule has 1 fully saturated rings. The predicted octanol–water partition coefficient (Wildman–Crippen LogP) is 3.08. The van der Waals surface area contributed by atoms with Gasteiger partial charge in [-0.3, -0.25) is 14.9 Å². The van der Waals surface area contributed by atoms with Crippen LogP contribution in [0.25, 0.3) is 11.3 Å². The second kappa shape index (κ2) is 7.17. The lowest BCUT2D eigenvalue weighted by atomic mass is 9.98. The minimum absolute atomic E-state index is 0.0125. The Morgan fingerprint density at radius 3 is 3.00 bits per heavy atom. The Hall–Kier alpha value is -2.25. The Labute approximate surface area is 156 Å². The lowest BCUT2D eigenvalue weighted by molar-refractivity contribution is -0.120. The monoisotopic (exact) mass is 371 g/mol. The van der Waals surface area contributed by atoms with Crippen molar-refractivity contribution in [3.63, 3.8) is 0 Å². The highest BCUT2D eigenvalue weighted by atomic mass is 32.1. The summed E-state index contributed by atoms with van der Waals surface area (Å²) >= 11 is 1.39. The van der Waals surface area contributed by atoms with Gasteiger partial charge >= 0.3 is 0 Å². The molecule has 1 saturated carbocycles. The number of methoxy groups -OCH3 is 1. The third-order valence-electron chi connectivity index (χ3n) is 4.71. The van der Waals surface area contributed by atoms with Crippen molar-refractivity contribution in [1.29, 1.82) is 0 Å². The van der Waals surface area contributed by atoms with Crippen LogP contribution in [0.4, 0.5) is 10.8 Å². The standard InChI is InChI=1S/C19H21N3O3S/c1-25-10-17(23)21-19-20-15(11-26-19)13-6-7-16-14(9-13)3-2-8-22(16)18(24)12-4-5-12/h6-7,9,11-12H,2-5,8,10H2,1H3,(H,20,21,23). The molecular formula is C19H21N3O3S. The fourth-order valence-electron chi connectivity index (χ4n) is 3.29. The summed E-state index contributed by atoms with van der Waals surface area (Å²) in [6.07, 6.45) is 4.02. The van der Waals surface area contributed by atoms with E-state index >= 15 is 0 Å². The summed E-state index contributed by atoms with van der Waals surface area (Å²) in [6.45, 7) is 0.826. The Bertz CT molecular complexity index is 844. The topological polar surface area (TPSA) is 71.5 Å². The molecule has 4 rings (SSSR count). The first-order valence-electron chi connectivity index (χ1n) is 8.84. The largest absolute Gasteiger partial charge is 0.375 e. The number of ether oxygens (including phenoxy) is 1. The van der Waals surface area contributed by atoms with E-state index in [2.05, 4.69) is 16.4 Å². The van der Waals surface area contributed by atoms with Crippen molar-refractivity contribution >= 4 is 34.0 Å². The smallest absolute Gasteiger partial charge is 0.252 e. The number of nitrogens with one attached hydrogen (secondary N) is 1. The van der Waals surface area contributed by atoms with Gasteiger partial charge in [0, 0.05) is 36.2 Å². The molecular weight excluding hydrogens is 350 g/mol. The van der Waals surface area contributed by atoms with Gasteiger partial charge < -0.3 is 9.64 Å². The van der Waals surface area contributed by atoms with E-state index in [1.165, 1.54) is 24.0 Å². The normalized spacial score (nSPS) is 16.3. The molecule has 1 aromatic heterocycles. The van der Waals surface area contributed by atoms with Gasteiger partial charge in [0.15, 0.2) is 5.13 Å². The molecule has 136 valence electrons. The van der Waals surface area contributed by atoms with Crippen LogP contribution in [0.1, 0.15) is 24.8 Å². The van der Waals surface area contributed by atoms with E-state index in [-0.39, 0.29) is 24.3 Å². The summed E-state index contributed by atoms with van der Waals surface area (Å²) in [4.78, 5) is 30.6. The molecule has 6 nitrogen and oxygen atoms in total. The molecule has 0 radical (unpaired) electrons. The quantitative estimate of drug-likeness (QED) is 0.877. The Balaban J connectivity index is 1.54. The molecule has 2 aromatic rings. The zero-order valence-corrected chi connectivity index (χ0v) is 15.5. The molecule has 2 aliphatic rings. The number of nitrogens with zero attached hydrogens (tertiary/aromatic N) is 2. The van der Waals surface area contributed by atoms with Crippen LogP contribution in [0, 0.1) is 5.92 Å². The molecule has 2 amide bonds. The summed E-state index contributed by atoms with van der Waals surface area (Å²) in [7, 11) is 1.48. The zero-order valence-electron chi connectivity index (χ0n) is 14.7. The molecule has 0 atom stereocenters. The number of amides is 2. The second-order valence-electron chi connectivity index (χ2n) is 6.73. The van der Waals surface area contributed by atoms with E-state index in [0.29, 0.717) is 5.13 Å². The summed E-state index contributed by atoms with van der Waals surface area (Å²) in [5, 5.41) is 5.22. The lowest BCUT2D eigenvalue weighted by Gasteiger charge is -2.30. The van der Waals surface area contributed by atoms with Crippen molar-refractivity contribution in [2.45, 2.75) is 25.7 Å². The number of hydrogen-bond acceptors (Lipinski definition) is 5. The first-order chi connectivity index (χ1) is 12.7. The van der Waals surface area contributed by atoms with Gasteiger partial charge in [0.1, 0.15) is 6.61 Å². The van der Waals surface area contributed by atoms with Crippen LogP contribution in [0.2, 0.25) is 0 Å². The van der Waals surface area contributed by atoms with Crippen molar-refractivity contribution in [1.82, 2.24) is 4.98 Å². The number of benzene rings is 1. The van der Waals surface area contributed by atoms with E-state index in [0.717, 1.165) is 49.2 Å². The summed E-state index contributed by atoms with van der Waals surface area (Å²) in [5.74, 6) is 0.293. The van der Waals surface area contributed by atoms with Gasteiger partial charge in [0.25, 0.3) is 5.91 Å². The third kappa shape index (κ3) is 3.50. The maximum Gasteiger partial charge on any atom is 0.252 e. The summed E-state index contributed by atoms with van der Waals surface area (Å²) < 4.78 is 4.81. The number of carbonyl (C=O) groups excluding carboxylic acids is 2. The minimum atomic E-state index is -0.215. The Morgan fingerprint density at radius 2 is 2.23 bits per heavy atom. The van der Waals surface area contributed by atoms with Crippen molar-refractivity contribution in [2.24, 2.45) is 5.92 Å². The summed E-state index contributed by atoms with van der Waals surface area (Å²) in [5.41, 5.74) is 4.07. The fourth-order valence-corrected chi connectivity index (χ4v) is 4.02. The van der Waals surface area contributed by atoms with Gasteiger partial charge in [-0.15, -0.1) is 11.3 Å². The average molecular weight is 371 g/mol. The van der Waals surface area contributed by atoms with E-state index < -0.39 is 0 Å². The van der Waals surface area contributed by atoms with Gasteiger partial charge in [0.05, 0.1) is 5.69 Å². The highest BCUT2D eigenvalue weighted by Crippen LogP contribution is 2.37. The molecule has 0 bridgehead atoms. The van der Waals surface area contributed by atoms with E-state index in [1.54, 1.807) is 0 Å². The van der Waals surface area contributed by atoms with Crippen molar-refractivity contribution in [2.75, 3.05) is 30.5 Å². The van der Waals surface area contributed by atoms with Crippen molar-refractivity contribution in [3.8, 4) is 11.3 Å². The Morgan fingerprint density at radius 1 is 1.38 bits per heavy atom. The molecule has 1 aliphatic carbocycles. The Kier molecular flexibility index (Phi) is 4.74. The predicted molar refractivity (Wildman–Crippen MR) is 101 cm³/mol. The number of thiazole rings is 1. The SMILES string of the molecule is COCC(=O)Nc1nc(-c2ccc3c(c2)CCCN3C(=O)C2CC2)cs1. The van der Waals surface area contributed by atoms with E-state index in [1.807, 2.05) is 22.4 Å². The summed E-state index contributed by atoms with van der Waals surface area (Å²) in [6, 6.07) is 6.16. The van der Waals surface area contributed by atoms with Gasteiger partial charge in [-0.2, -0.15) is 0 Å². The highest BCUT2D eigenvalue weighted by Gasteiger charge is 2.35. The minimum Gasteiger partial charge on any atom is -0.375 e. The zero-order chi connectivity index (χ0) is 18.1. The first kappa shape index (κ1) is 17.2. The molecule has 0 spiro atoms. The number of fused-ring (bicyclic) bond motifs is 1. The number of anilines is 2. The van der Waals surface area contributed by atoms with Gasteiger partial charge in [-0.25, -0.2) is 4.98 Å². The first-order valence-corrected chi connectivity index (χ1v) is 9.72. The molecule has 0 unspecified atom stereocenters. The van der Waals surface area contributed by atoms with Crippen LogP contribution < -0.4 is 10.2 Å². The number of aryl methyl sites for hydroxylation is 1. The fraction of sp³-hybridized carbons (Fsp3) is 0.421. The lowest BCUT2D eigenvalue weighted by Crippen LogP contribution is -2.36. The van der Waals surface area contributed by atoms with E-state index in [9.17, 15) is 9.59 Å². The average Bonchev–Trinajstić information content (AvgIpc) is 3.40. The highest BCUT2D eigenvalue weighted by molar-refractivity contribution is 7.14. The maximum atomic E-state index is 12.5. The number of rotatable bonds is 5. The molecule has 1 N–H and O–H groups in total. The molecule has 0 saturated heterocycles. The molecule has 7 heteroatoms. The van der Waals surface area contributed by atoms with Crippen LogP contribution in [0.3, 0.4) is 0 Å². The maximum absolute atomic E-state index is 12.5. The van der Waals surface area contributed by atoms with Gasteiger partial charge in [0.2, 0.25) is 5.91 Å². The second-order valence-corrected chi connectivity index (χ2v) is 7.59. The molecule has 1 aliphatic heterocycles. The van der Waals surface area contributed by atoms with Crippen LogP contribution in [-0.2, 0) is 20.7 Å². The van der Waals surface area contributed by atoms with Crippen LogP contribution >= 0.6 is 11.3 Å². The number of carbonyl (C=O) groups is 2. The van der Waals surface area contributed by atoms with Crippen LogP contribution in [0.15, 0.2) is 23.6 Å². The number of hydrogen-bond donors (Lipinski definition) is 1. The molecule has 1 aromatic carbocycles. The van der Waals surface area contributed by atoms with Crippen LogP contribution in [-0.4, -0.2) is 37.1 Å². The van der Waals surface area contributed by atoms with Gasteiger partial charge in [-0.05, 0) is 43.4 Å². The van der Waals surface area contributed by atoms with Crippen molar-refractivity contribution in [3.05, 3.63) is 29.1 Å². The molecule has 26 heavy (non-hydrogen) atoms. The van der Waals surface area contributed by atoms with Crippen molar-refractivity contribution < 1.29 is 14.3 Å². The van der Waals surface area contributed by atoms with E-state index in [4.69, 9.17) is 4.74 Å². The molecule has 2 heterocycles.